The lowest BCUT2D eigenvalue weighted by molar-refractivity contribution is 0.551. The van der Waals surface area contributed by atoms with Gasteiger partial charge >= 0.3 is 0 Å². The van der Waals surface area contributed by atoms with Crippen LogP contribution in [0.15, 0.2) is 30.3 Å². The first kappa shape index (κ1) is 16.5. The SMILES string of the molecule is CCC(N)Cn1c(-c2ccc(C)c(N)c2)nc2cc(C)c(C)cc21. The molecular weight excluding hydrogens is 296 g/mol. The Labute approximate surface area is 143 Å². The molecule has 0 fully saturated rings. The lowest BCUT2D eigenvalue weighted by atomic mass is 10.1. The highest BCUT2D eigenvalue weighted by molar-refractivity contribution is 5.82. The van der Waals surface area contributed by atoms with Crippen LogP contribution in [-0.2, 0) is 6.54 Å². The molecule has 0 saturated heterocycles. The summed E-state index contributed by atoms with van der Waals surface area (Å²) in [6, 6.07) is 10.6. The van der Waals surface area contributed by atoms with Gasteiger partial charge in [-0.15, -0.1) is 0 Å². The van der Waals surface area contributed by atoms with Crippen molar-refractivity contribution in [2.75, 3.05) is 5.73 Å². The number of hydrogen-bond donors (Lipinski definition) is 2. The minimum Gasteiger partial charge on any atom is -0.398 e. The lowest BCUT2D eigenvalue weighted by Crippen LogP contribution is -2.25. The van der Waals surface area contributed by atoms with Crippen molar-refractivity contribution < 1.29 is 0 Å². The maximum atomic E-state index is 6.25. The number of nitrogens with zero attached hydrogens (tertiary/aromatic N) is 2. The van der Waals surface area contributed by atoms with Gasteiger partial charge in [-0.2, -0.15) is 0 Å². The zero-order chi connectivity index (χ0) is 17.4. The molecular formula is C20H26N4. The van der Waals surface area contributed by atoms with Gasteiger partial charge in [0.25, 0.3) is 0 Å². The van der Waals surface area contributed by atoms with Gasteiger partial charge in [-0.1, -0.05) is 19.1 Å². The van der Waals surface area contributed by atoms with Crippen LogP contribution in [0.25, 0.3) is 22.4 Å². The van der Waals surface area contributed by atoms with E-state index < -0.39 is 0 Å². The number of benzene rings is 2. The quantitative estimate of drug-likeness (QED) is 0.715. The maximum Gasteiger partial charge on any atom is 0.141 e. The van der Waals surface area contributed by atoms with E-state index in [-0.39, 0.29) is 6.04 Å². The van der Waals surface area contributed by atoms with E-state index in [4.69, 9.17) is 16.5 Å². The molecule has 4 N–H and O–H groups in total. The summed E-state index contributed by atoms with van der Waals surface area (Å²) in [4.78, 5) is 4.89. The molecule has 1 heterocycles. The number of fused-ring (bicyclic) bond motifs is 1. The van der Waals surface area contributed by atoms with Gasteiger partial charge in [0.1, 0.15) is 5.82 Å². The molecule has 0 radical (unpaired) electrons. The fraction of sp³-hybridized carbons (Fsp3) is 0.350. The summed E-state index contributed by atoms with van der Waals surface area (Å²) in [6.07, 6.45) is 0.931. The largest absolute Gasteiger partial charge is 0.398 e. The van der Waals surface area contributed by atoms with Crippen molar-refractivity contribution in [2.45, 2.75) is 46.7 Å². The number of imidazole rings is 1. The summed E-state index contributed by atoms with van der Waals surface area (Å²) in [5, 5.41) is 0. The minimum atomic E-state index is 0.102. The zero-order valence-electron chi connectivity index (χ0n) is 14.9. The van der Waals surface area contributed by atoms with Crippen LogP contribution in [0.4, 0.5) is 5.69 Å². The number of aromatic nitrogens is 2. The van der Waals surface area contributed by atoms with Crippen molar-refractivity contribution >= 4 is 16.7 Å². The standard InChI is InChI=1S/C20H26N4/c1-5-16(21)11-24-19-9-14(4)13(3)8-18(19)23-20(24)15-7-6-12(2)17(22)10-15/h6-10,16H,5,11,21-22H2,1-4H3. The third-order valence-electron chi connectivity index (χ3n) is 4.84. The highest BCUT2D eigenvalue weighted by Gasteiger charge is 2.16. The molecule has 0 spiro atoms. The number of hydrogen-bond acceptors (Lipinski definition) is 3. The van der Waals surface area contributed by atoms with E-state index in [9.17, 15) is 0 Å². The molecule has 1 unspecified atom stereocenters. The Morgan fingerprint density at radius 2 is 1.75 bits per heavy atom. The fourth-order valence-corrected chi connectivity index (χ4v) is 2.93. The average Bonchev–Trinajstić information content (AvgIpc) is 2.88. The molecule has 0 saturated carbocycles. The summed E-state index contributed by atoms with van der Waals surface area (Å²) >= 11 is 0. The molecule has 24 heavy (non-hydrogen) atoms. The van der Waals surface area contributed by atoms with E-state index in [1.807, 2.05) is 19.1 Å². The lowest BCUT2D eigenvalue weighted by Gasteiger charge is -2.15. The molecule has 1 aromatic heterocycles. The second-order valence-electron chi connectivity index (χ2n) is 6.71. The van der Waals surface area contributed by atoms with Crippen LogP contribution >= 0.6 is 0 Å². The molecule has 2 aromatic carbocycles. The van der Waals surface area contributed by atoms with Crippen LogP contribution in [-0.4, -0.2) is 15.6 Å². The first-order valence-corrected chi connectivity index (χ1v) is 8.50. The van der Waals surface area contributed by atoms with Gasteiger partial charge in [0.2, 0.25) is 0 Å². The molecule has 4 heteroatoms. The molecule has 3 aromatic rings. The second-order valence-corrected chi connectivity index (χ2v) is 6.71. The molecule has 0 aliphatic heterocycles. The van der Waals surface area contributed by atoms with Crippen molar-refractivity contribution in [1.29, 1.82) is 0 Å². The monoisotopic (exact) mass is 322 g/mol. The molecule has 0 amide bonds. The van der Waals surface area contributed by atoms with Gasteiger partial charge in [-0.3, -0.25) is 0 Å². The van der Waals surface area contributed by atoms with Crippen molar-refractivity contribution in [3.63, 3.8) is 0 Å². The Morgan fingerprint density at radius 3 is 2.42 bits per heavy atom. The number of nitrogens with two attached hydrogens (primary N) is 2. The predicted octanol–water partition coefficient (Wildman–Crippen LogP) is 3.95. The van der Waals surface area contributed by atoms with Gasteiger partial charge in [0, 0.05) is 23.8 Å². The van der Waals surface area contributed by atoms with E-state index >= 15 is 0 Å². The van der Waals surface area contributed by atoms with Crippen LogP contribution in [0.5, 0.6) is 0 Å². The molecule has 0 aliphatic rings. The van der Waals surface area contributed by atoms with Gasteiger partial charge in [-0.05, 0) is 62.1 Å². The Hall–Kier alpha value is -2.33. The molecule has 4 nitrogen and oxygen atoms in total. The van der Waals surface area contributed by atoms with Gasteiger partial charge in [-0.25, -0.2) is 4.98 Å². The average molecular weight is 322 g/mol. The van der Waals surface area contributed by atoms with Gasteiger partial charge in [0.05, 0.1) is 11.0 Å². The van der Waals surface area contributed by atoms with Gasteiger partial charge < -0.3 is 16.0 Å². The Morgan fingerprint density at radius 1 is 1.04 bits per heavy atom. The Kier molecular flexibility index (Phi) is 4.33. The zero-order valence-corrected chi connectivity index (χ0v) is 14.9. The summed E-state index contributed by atoms with van der Waals surface area (Å²) in [7, 11) is 0. The molecule has 0 aliphatic carbocycles. The third-order valence-corrected chi connectivity index (χ3v) is 4.84. The smallest absolute Gasteiger partial charge is 0.141 e. The first-order chi connectivity index (χ1) is 11.4. The van der Waals surface area contributed by atoms with E-state index in [1.54, 1.807) is 0 Å². The van der Waals surface area contributed by atoms with Crippen molar-refractivity contribution in [1.82, 2.24) is 9.55 Å². The summed E-state index contributed by atoms with van der Waals surface area (Å²) in [5.74, 6) is 0.936. The fourth-order valence-electron chi connectivity index (χ4n) is 2.93. The summed E-state index contributed by atoms with van der Waals surface area (Å²) < 4.78 is 2.24. The van der Waals surface area contributed by atoms with E-state index in [0.717, 1.165) is 46.6 Å². The highest BCUT2D eigenvalue weighted by Crippen LogP contribution is 2.29. The van der Waals surface area contributed by atoms with Crippen LogP contribution in [0.3, 0.4) is 0 Å². The predicted molar refractivity (Wildman–Crippen MR) is 102 cm³/mol. The Bertz CT molecular complexity index is 892. The molecule has 1 atom stereocenters. The normalized spacial score (nSPS) is 12.7. The number of nitrogen functional groups attached to an aromatic ring is 1. The molecule has 0 bridgehead atoms. The Balaban J connectivity index is 2.24. The van der Waals surface area contributed by atoms with Crippen molar-refractivity contribution in [3.05, 3.63) is 47.0 Å². The summed E-state index contributed by atoms with van der Waals surface area (Å²) in [5.41, 5.74) is 19.9. The highest BCUT2D eigenvalue weighted by atomic mass is 15.1. The van der Waals surface area contributed by atoms with Crippen molar-refractivity contribution in [2.24, 2.45) is 5.73 Å². The minimum absolute atomic E-state index is 0.102. The summed E-state index contributed by atoms with van der Waals surface area (Å²) in [6.45, 7) is 9.13. The molecule has 126 valence electrons. The maximum absolute atomic E-state index is 6.25. The van der Waals surface area contributed by atoms with E-state index in [1.165, 1.54) is 11.1 Å². The van der Waals surface area contributed by atoms with E-state index in [0.29, 0.717) is 0 Å². The van der Waals surface area contributed by atoms with Crippen LogP contribution < -0.4 is 11.5 Å². The third kappa shape index (κ3) is 2.89. The number of aryl methyl sites for hydroxylation is 3. The molecule has 3 rings (SSSR count). The first-order valence-electron chi connectivity index (χ1n) is 8.50. The van der Waals surface area contributed by atoms with Crippen LogP contribution in [0.2, 0.25) is 0 Å². The second kappa shape index (κ2) is 6.29. The van der Waals surface area contributed by atoms with Gasteiger partial charge in [0.15, 0.2) is 0 Å². The van der Waals surface area contributed by atoms with Crippen molar-refractivity contribution in [3.8, 4) is 11.4 Å². The van der Waals surface area contributed by atoms with E-state index in [2.05, 4.69) is 43.5 Å². The topological polar surface area (TPSA) is 69.9 Å². The van der Waals surface area contributed by atoms with Crippen LogP contribution in [0, 0.1) is 20.8 Å². The van der Waals surface area contributed by atoms with Crippen LogP contribution in [0.1, 0.15) is 30.0 Å². The number of anilines is 1. The number of rotatable bonds is 4.